The summed E-state index contributed by atoms with van der Waals surface area (Å²) in [5, 5.41) is 0. The first kappa shape index (κ1) is 24.1. The Bertz CT molecular complexity index is 323. The maximum absolute atomic E-state index is 10.2. The van der Waals surface area contributed by atoms with Crippen LogP contribution >= 0.6 is 0 Å². The van der Waals surface area contributed by atoms with Gasteiger partial charge in [0.05, 0.1) is 6.61 Å². The fourth-order valence-electron chi connectivity index (χ4n) is 2.16. The topological polar surface area (TPSA) is 66.4 Å². The largest absolute Gasteiger partial charge is 1.00 e. The molecule has 0 aromatic heterocycles. The molecule has 6 heteroatoms. The molecule has 0 radical (unpaired) electrons. The van der Waals surface area contributed by atoms with Gasteiger partial charge in [-0.25, -0.2) is 8.42 Å². The van der Waals surface area contributed by atoms with Gasteiger partial charge < -0.3 is 4.55 Å². The Hall–Kier alpha value is 0.870. The molecule has 0 atom stereocenters. The van der Waals surface area contributed by atoms with Crippen LogP contribution in [0.3, 0.4) is 0 Å². The third-order valence-corrected chi connectivity index (χ3v) is 3.75. The van der Waals surface area contributed by atoms with E-state index < -0.39 is 10.4 Å². The van der Waals surface area contributed by atoms with Gasteiger partial charge in [-0.15, -0.1) is 0 Å². The Morgan fingerprint density at radius 2 is 1.19 bits per heavy atom. The zero-order valence-corrected chi connectivity index (χ0v) is 17.1. The Balaban J connectivity index is 0. The normalized spacial score (nSPS) is 12.2. The molecule has 0 heterocycles. The molecule has 0 saturated carbocycles. The fourth-order valence-corrected chi connectivity index (χ4v) is 2.48. The van der Waals surface area contributed by atoms with Crippen molar-refractivity contribution in [1.82, 2.24) is 0 Å². The fraction of sp³-hybridized carbons (Fsp3) is 1.00. The molecule has 4 nitrogen and oxygen atoms in total. The molecule has 0 aromatic carbocycles. The van der Waals surface area contributed by atoms with Crippen LogP contribution in [0.5, 0.6) is 0 Å². The smallest absolute Gasteiger partial charge is 0.726 e. The van der Waals surface area contributed by atoms with Crippen molar-refractivity contribution in [2.45, 2.75) is 85.0 Å². The van der Waals surface area contributed by atoms with E-state index in [0.29, 0.717) is 11.8 Å². The molecule has 122 valence electrons. The second kappa shape index (κ2) is 13.3. The molecular formula is C15H31NaO4S. The van der Waals surface area contributed by atoms with E-state index >= 15 is 0 Å². The van der Waals surface area contributed by atoms with Crippen LogP contribution in [0, 0.1) is 5.41 Å². The van der Waals surface area contributed by atoms with Crippen molar-refractivity contribution in [2.24, 2.45) is 5.41 Å². The van der Waals surface area contributed by atoms with Crippen molar-refractivity contribution in [3.05, 3.63) is 0 Å². The molecule has 0 aliphatic heterocycles. The zero-order valence-electron chi connectivity index (χ0n) is 14.3. The summed E-state index contributed by atoms with van der Waals surface area (Å²) in [5.41, 5.74) is 0.458. The van der Waals surface area contributed by atoms with Gasteiger partial charge in [-0.05, 0) is 18.3 Å². The van der Waals surface area contributed by atoms with Gasteiger partial charge in [0, 0.05) is 0 Å². The molecule has 0 fully saturated rings. The first-order valence-electron chi connectivity index (χ1n) is 7.81. The van der Waals surface area contributed by atoms with Gasteiger partial charge in [0.2, 0.25) is 10.4 Å². The van der Waals surface area contributed by atoms with E-state index in [9.17, 15) is 13.0 Å². The van der Waals surface area contributed by atoms with Crippen LogP contribution in [0.2, 0.25) is 0 Å². The summed E-state index contributed by atoms with van der Waals surface area (Å²) in [4.78, 5) is 0. The van der Waals surface area contributed by atoms with Crippen LogP contribution in [0.25, 0.3) is 0 Å². The summed E-state index contributed by atoms with van der Waals surface area (Å²) >= 11 is 0. The maximum atomic E-state index is 10.2. The molecule has 0 aliphatic carbocycles. The molecule has 0 saturated heterocycles. The SMILES string of the molecule is CC(C)(C)CCCCCCCCCCCOS(=O)(=O)[O-].[Na+]. The van der Waals surface area contributed by atoms with E-state index in [2.05, 4.69) is 25.0 Å². The quantitative estimate of drug-likeness (QED) is 0.235. The van der Waals surface area contributed by atoms with Crippen molar-refractivity contribution in [1.29, 1.82) is 0 Å². The number of rotatable bonds is 12. The van der Waals surface area contributed by atoms with Crippen LogP contribution in [-0.2, 0) is 14.6 Å². The van der Waals surface area contributed by atoms with Crippen molar-refractivity contribution >= 4 is 10.4 Å². The van der Waals surface area contributed by atoms with Crippen LogP contribution in [0.4, 0.5) is 0 Å². The minimum atomic E-state index is -4.49. The molecule has 0 amide bonds. The van der Waals surface area contributed by atoms with Crippen LogP contribution in [0.1, 0.15) is 85.0 Å². The van der Waals surface area contributed by atoms with Crippen molar-refractivity contribution in [2.75, 3.05) is 6.61 Å². The molecule has 0 aliphatic rings. The van der Waals surface area contributed by atoms with Gasteiger partial charge in [-0.2, -0.15) is 0 Å². The van der Waals surface area contributed by atoms with Gasteiger partial charge in [0.1, 0.15) is 0 Å². The Morgan fingerprint density at radius 1 is 0.810 bits per heavy atom. The molecule has 0 aromatic rings. The minimum absolute atomic E-state index is 0. The van der Waals surface area contributed by atoms with E-state index in [0.717, 1.165) is 12.8 Å². The van der Waals surface area contributed by atoms with Gasteiger partial charge in [0.25, 0.3) is 0 Å². The second-order valence-corrected chi connectivity index (χ2v) is 7.78. The average molecular weight is 330 g/mol. The van der Waals surface area contributed by atoms with Crippen LogP contribution in [-0.4, -0.2) is 19.6 Å². The third kappa shape index (κ3) is 23.3. The predicted molar refractivity (Wildman–Crippen MR) is 81.3 cm³/mol. The van der Waals surface area contributed by atoms with E-state index in [-0.39, 0.29) is 36.2 Å². The van der Waals surface area contributed by atoms with Crippen molar-refractivity contribution in [3.8, 4) is 0 Å². The van der Waals surface area contributed by atoms with Crippen molar-refractivity contribution in [3.63, 3.8) is 0 Å². The zero-order chi connectivity index (χ0) is 15.5. The first-order chi connectivity index (χ1) is 9.21. The monoisotopic (exact) mass is 330 g/mol. The first-order valence-corrected chi connectivity index (χ1v) is 9.14. The predicted octanol–water partition coefficient (Wildman–Crippen LogP) is 1.41. The molecule has 0 spiro atoms. The van der Waals surface area contributed by atoms with Crippen LogP contribution < -0.4 is 29.6 Å². The van der Waals surface area contributed by atoms with Gasteiger partial charge in [-0.3, -0.25) is 4.18 Å². The van der Waals surface area contributed by atoms with E-state index in [1.807, 2.05) is 0 Å². The summed E-state index contributed by atoms with van der Waals surface area (Å²) in [6.45, 7) is 6.89. The average Bonchev–Trinajstić information content (AvgIpc) is 2.27. The number of hydrogen-bond acceptors (Lipinski definition) is 4. The van der Waals surface area contributed by atoms with Crippen LogP contribution in [0.15, 0.2) is 0 Å². The third-order valence-electron chi connectivity index (χ3n) is 3.30. The molecular weight excluding hydrogens is 299 g/mol. The summed E-state index contributed by atoms with van der Waals surface area (Å²) in [7, 11) is -4.49. The Labute approximate surface area is 153 Å². The molecule has 0 bridgehead atoms. The summed E-state index contributed by atoms with van der Waals surface area (Å²) in [6, 6.07) is 0. The maximum Gasteiger partial charge on any atom is 1.00 e. The number of hydrogen-bond donors (Lipinski definition) is 0. The number of unbranched alkanes of at least 4 members (excludes halogenated alkanes) is 8. The summed E-state index contributed by atoms with van der Waals surface area (Å²) < 4.78 is 34.7. The second-order valence-electron chi connectivity index (χ2n) is 6.72. The molecule has 0 rings (SSSR count). The standard InChI is InChI=1S/C15H32O4S.Na/c1-15(2,3)13-11-9-7-5-4-6-8-10-12-14-19-20(16,17)18;/h4-14H2,1-3H3,(H,16,17,18);/q;+1/p-1. The Morgan fingerprint density at radius 3 is 1.57 bits per heavy atom. The van der Waals surface area contributed by atoms with E-state index in [4.69, 9.17) is 0 Å². The molecule has 0 unspecified atom stereocenters. The Kier molecular flexibility index (Phi) is 15.3. The van der Waals surface area contributed by atoms with Gasteiger partial charge in [0.15, 0.2) is 0 Å². The summed E-state index contributed by atoms with van der Waals surface area (Å²) in [5.74, 6) is 0. The minimum Gasteiger partial charge on any atom is -0.726 e. The van der Waals surface area contributed by atoms with Gasteiger partial charge >= 0.3 is 29.6 Å². The van der Waals surface area contributed by atoms with Crippen molar-refractivity contribution < 1.29 is 46.7 Å². The molecule has 0 N–H and O–H groups in total. The van der Waals surface area contributed by atoms with Gasteiger partial charge in [-0.1, -0.05) is 72.1 Å². The molecule has 21 heavy (non-hydrogen) atoms. The summed E-state index contributed by atoms with van der Waals surface area (Å²) in [6.07, 6.45) is 11.6. The van der Waals surface area contributed by atoms with E-state index in [1.165, 1.54) is 44.9 Å². The van der Waals surface area contributed by atoms with E-state index in [1.54, 1.807) is 0 Å².